The molecule has 0 amide bonds. The zero-order valence-corrected chi connectivity index (χ0v) is 11.1. The number of aromatic nitrogens is 1. The van der Waals surface area contributed by atoms with Crippen LogP contribution in [0, 0.1) is 0 Å². The lowest BCUT2D eigenvalue weighted by atomic mass is 9.88. The zero-order chi connectivity index (χ0) is 12.3. The third-order valence-electron chi connectivity index (χ3n) is 4.11. The Kier molecular flexibility index (Phi) is 3.67. The smallest absolute Gasteiger partial charge is 0.0556 e. The molecular formula is C14H23N3. The van der Waals surface area contributed by atoms with Crippen LogP contribution < -0.4 is 10.2 Å². The molecule has 0 spiro atoms. The second-order valence-corrected chi connectivity index (χ2v) is 5.06. The number of hydrogen-bond donors (Lipinski definition) is 1. The third-order valence-corrected chi connectivity index (χ3v) is 4.11. The zero-order valence-electron chi connectivity index (χ0n) is 11.1. The van der Waals surface area contributed by atoms with Gasteiger partial charge in [0.15, 0.2) is 0 Å². The normalized spacial score (nSPS) is 23.7. The van der Waals surface area contributed by atoms with Crippen LogP contribution in [-0.2, 0) is 0 Å². The molecule has 94 valence electrons. The molecule has 0 bridgehead atoms. The Balaban J connectivity index is 2.21. The number of anilines is 1. The van der Waals surface area contributed by atoms with Gasteiger partial charge in [-0.3, -0.25) is 4.98 Å². The summed E-state index contributed by atoms with van der Waals surface area (Å²) in [7, 11) is 0. The summed E-state index contributed by atoms with van der Waals surface area (Å²) in [5, 5.41) is 3.72. The fraction of sp³-hybridized carbons (Fsp3) is 0.643. The van der Waals surface area contributed by atoms with Gasteiger partial charge >= 0.3 is 0 Å². The molecule has 0 radical (unpaired) electrons. The van der Waals surface area contributed by atoms with Gasteiger partial charge in [-0.1, -0.05) is 13.8 Å². The highest BCUT2D eigenvalue weighted by molar-refractivity contribution is 5.46. The van der Waals surface area contributed by atoms with Gasteiger partial charge in [0.2, 0.25) is 0 Å². The summed E-state index contributed by atoms with van der Waals surface area (Å²) >= 11 is 0. The first-order valence-corrected chi connectivity index (χ1v) is 6.62. The number of hydrogen-bond acceptors (Lipinski definition) is 3. The van der Waals surface area contributed by atoms with Crippen LogP contribution in [0.5, 0.6) is 0 Å². The summed E-state index contributed by atoms with van der Waals surface area (Å²) in [4.78, 5) is 6.71. The van der Waals surface area contributed by atoms with Gasteiger partial charge in [0.1, 0.15) is 0 Å². The molecule has 1 aliphatic rings. The molecule has 1 aromatic rings. The summed E-state index contributed by atoms with van der Waals surface area (Å²) in [6.07, 6.45) is 6.15. The number of nitrogens with one attached hydrogen (secondary N) is 1. The maximum absolute atomic E-state index is 4.23. The van der Waals surface area contributed by atoms with Gasteiger partial charge in [0.25, 0.3) is 0 Å². The van der Waals surface area contributed by atoms with Crippen LogP contribution in [0.1, 0.15) is 33.6 Å². The van der Waals surface area contributed by atoms with Crippen molar-refractivity contribution in [3.8, 4) is 0 Å². The SMILES string of the molecule is CCC1(CC)CN(c2cccnc2)C(C)CN1. The molecule has 0 aliphatic carbocycles. The van der Waals surface area contributed by atoms with Gasteiger partial charge < -0.3 is 10.2 Å². The minimum atomic E-state index is 0.266. The first-order chi connectivity index (χ1) is 8.21. The minimum absolute atomic E-state index is 0.266. The van der Waals surface area contributed by atoms with Gasteiger partial charge in [-0.15, -0.1) is 0 Å². The molecule has 0 aromatic carbocycles. The molecule has 1 aliphatic heterocycles. The molecule has 1 unspecified atom stereocenters. The van der Waals surface area contributed by atoms with Crippen LogP contribution >= 0.6 is 0 Å². The van der Waals surface area contributed by atoms with E-state index in [-0.39, 0.29) is 5.54 Å². The first-order valence-electron chi connectivity index (χ1n) is 6.62. The lowest BCUT2D eigenvalue weighted by molar-refractivity contribution is 0.253. The van der Waals surface area contributed by atoms with Gasteiger partial charge in [0.05, 0.1) is 11.9 Å². The van der Waals surface area contributed by atoms with E-state index in [1.54, 1.807) is 0 Å². The second-order valence-electron chi connectivity index (χ2n) is 5.06. The van der Waals surface area contributed by atoms with Crippen molar-refractivity contribution in [3.63, 3.8) is 0 Å². The summed E-state index contributed by atoms with van der Waals surface area (Å²) in [6, 6.07) is 4.71. The Morgan fingerprint density at radius 2 is 2.24 bits per heavy atom. The lowest BCUT2D eigenvalue weighted by Gasteiger charge is -2.47. The molecule has 1 atom stereocenters. The van der Waals surface area contributed by atoms with E-state index in [1.807, 2.05) is 18.5 Å². The van der Waals surface area contributed by atoms with Gasteiger partial charge in [0, 0.05) is 30.9 Å². The van der Waals surface area contributed by atoms with Crippen molar-refractivity contribution in [1.82, 2.24) is 10.3 Å². The molecular weight excluding hydrogens is 210 g/mol. The predicted octanol–water partition coefficient (Wildman–Crippen LogP) is 2.44. The number of piperazine rings is 1. The molecule has 3 heteroatoms. The van der Waals surface area contributed by atoms with E-state index >= 15 is 0 Å². The maximum atomic E-state index is 4.23. The monoisotopic (exact) mass is 233 g/mol. The van der Waals surface area contributed by atoms with E-state index in [9.17, 15) is 0 Å². The van der Waals surface area contributed by atoms with Crippen molar-refractivity contribution in [3.05, 3.63) is 24.5 Å². The lowest BCUT2D eigenvalue weighted by Crippen LogP contribution is -2.63. The Morgan fingerprint density at radius 1 is 1.47 bits per heavy atom. The topological polar surface area (TPSA) is 28.2 Å². The fourth-order valence-corrected chi connectivity index (χ4v) is 2.61. The predicted molar refractivity (Wildman–Crippen MR) is 72.4 cm³/mol. The summed E-state index contributed by atoms with van der Waals surface area (Å²) in [6.45, 7) is 8.94. The van der Waals surface area contributed by atoms with E-state index in [1.165, 1.54) is 18.5 Å². The highest BCUT2D eigenvalue weighted by Gasteiger charge is 2.35. The van der Waals surface area contributed by atoms with Crippen LogP contribution in [0.25, 0.3) is 0 Å². The van der Waals surface area contributed by atoms with Crippen molar-refractivity contribution in [2.75, 3.05) is 18.0 Å². The quantitative estimate of drug-likeness (QED) is 0.869. The van der Waals surface area contributed by atoms with E-state index in [2.05, 4.69) is 42.0 Å². The largest absolute Gasteiger partial charge is 0.364 e. The van der Waals surface area contributed by atoms with E-state index < -0.39 is 0 Å². The van der Waals surface area contributed by atoms with E-state index in [0.29, 0.717) is 6.04 Å². The molecule has 1 saturated heterocycles. The first kappa shape index (κ1) is 12.4. The highest BCUT2D eigenvalue weighted by Crippen LogP contribution is 2.26. The van der Waals surface area contributed by atoms with Gasteiger partial charge in [-0.2, -0.15) is 0 Å². The van der Waals surface area contributed by atoms with Crippen molar-refractivity contribution in [2.45, 2.75) is 45.2 Å². The number of pyridine rings is 1. The average Bonchev–Trinajstić information content (AvgIpc) is 2.41. The molecule has 3 nitrogen and oxygen atoms in total. The second kappa shape index (κ2) is 5.05. The molecule has 1 aromatic heterocycles. The molecule has 1 fully saturated rings. The Hall–Kier alpha value is -1.09. The highest BCUT2D eigenvalue weighted by atomic mass is 15.3. The van der Waals surface area contributed by atoms with E-state index in [4.69, 9.17) is 0 Å². The fourth-order valence-electron chi connectivity index (χ4n) is 2.61. The van der Waals surface area contributed by atoms with Crippen molar-refractivity contribution in [2.24, 2.45) is 0 Å². The average molecular weight is 233 g/mol. The third kappa shape index (κ3) is 2.44. The summed E-state index contributed by atoms with van der Waals surface area (Å²) in [5.74, 6) is 0. The molecule has 2 rings (SSSR count). The number of nitrogens with zero attached hydrogens (tertiary/aromatic N) is 2. The molecule has 17 heavy (non-hydrogen) atoms. The number of rotatable bonds is 3. The molecule has 2 heterocycles. The van der Waals surface area contributed by atoms with Crippen LogP contribution in [0.2, 0.25) is 0 Å². The summed E-state index contributed by atoms with van der Waals surface area (Å²) in [5.41, 5.74) is 1.51. The van der Waals surface area contributed by atoms with Crippen LogP contribution in [-0.4, -0.2) is 29.7 Å². The van der Waals surface area contributed by atoms with Gasteiger partial charge in [-0.25, -0.2) is 0 Å². The molecule has 0 saturated carbocycles. The molecule has 1 N–H and O–H groups in total. The van der Waals surface area contributed by atoms with Crippen molar-refractivity contribution >= 4 is 5.69 Å². The van der Waals surface area contributed by atoms with Crippen LogP contribution in [0.3, 0.4) is 0 Å². The Labute approximate surface area is 104 Å². The Bertz CT molecular complexity index is 346. The van der Waals surface area contributed by atoms with Crippen LogP contribution in [0.15, 0.2) is 24.5 Å². The van der Waals surface area contributed by atoms with Crippen molar-refractivity contribution in [1.29, 1.82) is 0 Å². The Morgan fingerprint density at radius 3 is 2.82 bits per heavy atom. The maximum Gasteiger partial charge on any atom is 0.0556 e. The van der Waals surface area contributed by atoms with Gasteiger partial charge in [-0.05, 0) is 31.9 Å². The van der Waals surface area contributed by atoms with Crippen LogP contribution in [0.4, 0.5) is 5.69 Å². The van der Waals surface area contributed by atoms with Crippen molar-refractivity contribution < 1.29 is 0 Å². The summed E-state index contributed by atoms with van der Waals surface area (Å²) < 4.78 is 0. The standard InChI is InChI=1S/C14H23N3/c1-4-14(5-2)11-17(12(3)9-16-14)13-7-6-8-15-10-13/h6-8,10,12,16H,4-5,9,11H2,1-3H3. The minimum Gasteiger partial charge on any atom is -0.364 e. The van der Waals surface area contributed by atoms with E-state index in [0.717, 1.165) is 13.1 Å².